The summed E-state index contributed by atoms with van der Waals surface area (Å²) >= 11 is 0. The monoisotopic (exact) mass is 484 g/mol. The number of likely N-dealkylation sites (N-methyl/N-ethyl adjacent to an activating group) is 1. The fraction of sp³-hybridized carbons (Fsp3) is 0.269. The van der Waals surface area contributed by atoms with E-state index in [1.807, 2.05) is 51.2 Å². The zero-order valence-corrected chi connectivity index (χ0v) is 20.7. The number of rotatable bonds is 9. The SMILES string of the molecule is CCOc1cc2nc(CC)c(C#N)c(Nc3ccn4cnnc4c3)c2cc1NC(=O)/C=C/CN(C)C. The summed E-state index contributed by atoms with van der Waals surface area (Å²) in [6, 6.07) is 9.62. The Kier molecular flexibility index (Phi) is 7.42. The number of hydrogen-bond donors (Lipinski definition) is 2. The Hall–Kier alpha value is -4.49. The molecule has 10 nitrogen and oxygen atoms in total. The summed E-state index contributed by atoms with van der Waals surface area (Å²) in [5.74, 6) is 0.233. The zero-order chi connectivity index (χ0) is 25.7. The van der Waals surface area contributed by atoms with Crippen LogP contribution in [-0.4, -0.2) is 57.6 Å². The first-order valence-electron chi connectivity index (χ1n) is 11.7. The second-order valence-corrected chi connectivity index (χ2v) is 8.36. The maximum absolute atomic E-state index is 12.6. The Morgan fingerprint density at radius 3 is 2.83 bits per heavy atom. The van der Waals surface area contributed by atoms with Crippen LogP contribution in [0.3, 0.4) is 0 Å². The molecule has 0 saturated carbocycles. The number of ether oxygens (including phenoxy) is 1. The number of aromatic nitrogens is 4. The number of amides is 1. The van der Waals surface area contributed by atoms with Gasteiger partial charge in [0.05, 0.1) is 34.8 Å². The van der Waals surface area contributed by atoms with Gasteiger partial charge >= 0.3 is 0 Å². The quantitative estimate of drug-likeness (QED) is 0.343. The van der Waals surface area contributed by atoms with Crippen molar-refractivity contribution in [3.05, 3.63) is 60.2 Å². The van der Waals surface area contributed by atoms with Crippen molar-refractivity contribution in [3.63, 3.8) is 0 Å². The van der Waals surface area contributed by atoms with E-state index in [1.54, 1.807) is 28.9 Å². The van der Waals surface area contributed by atoms with Gasteiger partial charge in [-0.15, -0.1) is 10.2 Å². The molecule has 1 aromatic carbocycles. The van der Waals surface area contributed by atoms with Gasteiger partial charge in [-0.1, -0.05) is 13.0 Å². The van der Waals surface area contributed by atoms with Gasteiger partial charge in [-0.25, -0.2) is 0 Å². The fourth-order valence-corrected chi connectivity index (χ4v) is 3.81. The van der Waals surface area contributed by atoms with Crippen molar-refractivity contribution in [2.24, 2.45) is 0 Å². The largest absolute Gasteiger partial charge is 0.492 e. The number of benzene rings is 1. The molecule has 184 valence electrons. The van der Waals surface area contributed by atoms with E-state index in [0.717, 1.165) is 5.69 Å². The Balaban J connectivity index is 1.83. The van der Waals surface area contributed by atoms with Crippen LogP contribution in [0.2, 0.25) is 0 Å². The third kappa shape index (κ3) is 5.26. The number of pyridine rings is 2. The van der Waals surface area contributed by atoms with Crippen LogP contribution in [0.25, 0.3) is 16.6 Å². The molecule has 0 aliphatic carbocycles. The van der Waals surface area contributed by atoms with Crippen LogP contribution >= 0.6 is 0 Å². The number of hydrogen-bond acceptors (Lipinski definition) is 8. The molecule has 4 rings (SSSR count). The maximum atomic E-state index is 12.6. The molecule has 0 bridgehead atoms. The van der Waals surface area contributed by atoms with Crippen LogP contribution in [0.15, 0.2) is 48.9 Å². The molecule has 4 aromatic rings. The van der Waals surface area contributed by atoms with Crippen molar-refractivity contribution in [3.8, 4) is 11.8 Å². The number of fused-ring (bicyclic) bond motifs is 2. The summed E-state index contributed by atoms with van der Waals surface area (Å²) in [4.78, 5) is 19.3. The summed E-state index contributed by atoms with van der Waals surface area (Å²) in [5.41, 5.74) is 4.28. The first-order valence-corrected chi connectivity index (χ1v) is 11.7. The number of nitriles is 1. The molecule has 0 saturated heterocycles. The number of aryl methyl sites for hydroxylation is 1. The Labute approximate surface area is 209 Å². The normalized spacial score (nSPS) is 11.3. The van der Waals surface area contributed by atoms with Crippen LogP contribution in [0.1, 0.15) is 25.1 Å². The number of nitrogens with one attached hydrogen (secondary N) is 2. The molecule has 1 amide bonds. The molecular weight excluding hydrogens is 456 g/mol. The minimum Gasteiger partial charge on any atom is -0.492 e. The van der Waals surface area contributed by atoms with E-state index in [0.29, 0.717) is 64.5 Å². The van der Waals surface area contributed by atoms with Gasteiger partial charge in [0.15, 0.2) is 5.65 Å². The standard InChI is InChI=1S/C26H28N8O2/c1-5-20-19(15-27)26(29-17-9-11-34-16-28-32-24(34)12-17)18-13-22(23(36-6-2)14-21(18)30-20)31-25(35)8-7-10-33(3)4/h7-9,11-14,16H,5-6,10H2,1-4H3,(H,29,30)(H,31,35)/b8-7+. The summed E-state index contributed by atoms with van der Waals surface area (Å²) in [7, 11) is 3.86. The summed E-state index contributed by atoms with van der Waals surface area (Å²) in [6.45, 7) is 4.90. The van der Waals surface area contributed by atoms with E-state index in [1.165, 1.54) is 6.08 Å². The Morgan fingerprint density at radius 1 is 1.28 bits per heavy atom. The molecule has 10 heteroatoms. The maximum Gasteiger partial charge on any atom is 0.248 e. The fourth-order valence-electron chi connectivity index (χ4n) is 3.81. The minimum absolute atomic E-state index is 0.275. The van der Waals surface area contributed by atoms with Crippen molar-refractivity contribution < 1.29 is 9.53 Å². The third-order valence-electron chi connectivity index (χ3n) is 5.47. The van der Waals surface area contributed by atoms with Gasteiger partial charge < -0.3 is 20.3 Å². The highest BCUT2D eigenvalue weighted by Crippen LogP contribution is 2.37. The second-order valence-electron chi connectivity index (χ2n) is 8.36. The Bertz CT molecular complexity index is 1480. The van der Waals surface area contributed by atoms with Crippen molar-refractivity contribution in [1.82, 2.24) is 24.5 Å². The lowest BCUT2D eigenvalue weighted by atomic mass is 10.0. The van der Waals surface area contributed by atoms with Gasteiger partial charge in [0.1, 0.15) is 18.1 Å². The highest BCUT2D eigenvalue weighted by atomic mass is 16.5. The van der Waals surface area contributed by atoms with Crippen molar-refractivity contribution >= 4 is 39.5 Å². The van der Waals surface area contributed by atoms with Gasteiger partial charge in [0, 0.05) is 42.0 Å². The molecule has 3 aromatic heterocycles. The lowest BCUT2D eigenvalue weighted by Crippen LogP contribution is -2.13. The molecule has 0 spiro atoms. The topological polar surface area (TPSA) is 120 Å². The van der Waals surface area contributed by atoms with E-state index in [2.05, 4.69) is 26.9 Å². The number of carbonyl (C=O) groups excluding carboxylic acids is 1. The molecule has 0 atom stereocenters. The van der Waals surface area contributed by atoms with E-state index in [-0.39, 0.29) is 5.91 Å². The summed E-state index contributed by atoms with van der Waals surface area (Å²) in [6.07, 6.45) is 7.32. The van der Waals surface area contributed by atoms with Gasteiger partial charge in [-0.3, -0.25) is 14.2 Å². The molecular formula is C26H28N8O2. The molecule has 2 N–H and O–H groups in total. The van der Waals surface area contributed by atoms with Crippen molar-refractivity contribution in [1.29, 1.82) is 5.26 Å². The first-order chi connectivity index (χ1) is 17.4. The lowest BCUT2D eigenvalue weighted by Gasteiger charge is -2.17. The predicted molar refractivity (Wildman–Crippen MR) is 140 cm³/mol. The van der Waals surface area contributed by atoms with E-state index >= 15 is 0 Å². The van der Waals surface area contributed by atoms with Crippen LogP contribution in [0, 0.1) is 11.3 Å². The third-order valence-corrected chi connectivity index (χ3v) is 5.47. The lowest BCUT2D eigenvalue weighted by molar-refractivity contribution is -0.111. The molecule has 0 fully saturated rings. The van der Waals surface area contributed by atoms with Crippen LogP contribution in [-0.2, 0) is 11.2 Å². The highest BCUT2D eigenvalue weighted by Gasteiger charge is 2.18. The molecule has 0 unspecified atom stereocenters. The molecule has 3 heterocycles. The average molecular weight is 485 g/mol. The van der Waals surface area contributed by atoms with Gasteiger partial charge in [0.25, 0.3) is 0 Å². The number of carbonyl (C=O) groups is 1. The molecule has 0 aliphatic rings. The Morgan fingerprint density at radius 2 is 2.11 bits per heavy atom. The van der Waals surface area contributed by atoms with Gasteiger partial charge in [-0.2, -0.15) is 5.26 Å². The average Bonchev–Trinajstić information content (AvgIpc) is 3.32. The second kappa shape index (κ2) is 10.8. The van der Waals surface area contributed by atoms with E-state index < -0.39 is 0 Å². The van der Waals surface area contributed by atoms with Crippen LogP contribution in [0.4, 0.5) is 17.1 Å². The van der Waals surface area contributed by atoms with Gasteiger partial charge in [-0.05, 0) is 39.6 Å². The van der Waals surface area contributed by atoms with E-state index in [9.17, 15) is 10.1 Å². The van der Waals surface area contributed by atoms with Crippen molar-refractivity contribution in [2.45, 2.75) is 20.3 Å². The highest BCUT2D eigenvalue weighted by molar-refractivity contribution is 6.05. The van der Waals surface area contributed by atoms with Crippen LogP contribution in [0.5, 0.6) is 5.75 Å². The first kappa shape index (κ1) is 24.6. The summed E-state index contributed by atoms with van der Waals surface area (Å²) in [5, 5.41) is 25.0. The van der Waals surface area contributed by atoms with Crippen LogP contribution < -0.4 is 15.4 Å². The van der Waals surface area contributed by atoms with Crippen molar-refractivity contribution in [2.75, 3.05) is 37.9 Å². The van der Waals surface area contributed by atoms with E-state index in [4.69, 9.17) is 9.72 Å². The molecule has 0 radical (unpaired) electrons. The summed E-state index contributed by atoms with van der Waals surface area (Å²) < 4.78 is 7.62. The predicted octanol–water partition coefficient (Wildman–Crippen LogP) is 3.91. The molecule has 0 aliphatic heterocycles. The number of nitrogens with zero attached hydrogens (tertiary/aromatic N) is 6. The van der Waals surface area contributed by atoms with Gasteiger partial charge in [0.2, 0.25) is 5.91 Å². The minimum atomic E-state index is -0.275. The zero-order valence-electron chi connectivity index (χ0n) is 20.7. The number of anilines is 3. The molecule has 36 heavy (non-hydrogen) atoms. The smallest absolute Gasteiger partial charge is 0.248 e.